The van der Waals surface area contributed by atoms with Crippen LogP contribution < -0.4 is 9.47 Å². The Balaban J connectivity index is 1.71. The number of rotatable bonds is 13. The fraction of sp³-hybridized carbons (Fsp3) is 0.500. The Hall–Kier alpha value is -2.25. The molecule has 168 valence electrons. The van der Waals surface area contributed by atoms with E-state index in [-0.39, 0.29) is 0 Å². The Morgan fingerprint density at radius 3 is 2.55 bits per heavy atom. The summed E-state index contributed by atoms with van der Waals surface area (Å²) in [5.41, 5.74) is 3.62. The van der Waals surface area contributed by atoms with E-state index >= 15 is 0 Å². The Morgan fingerprint density at radius 2 is 1.84 bits per heavy atom. The van der Waals surface area contributed by atoms with E-state index in [0.717, 1.165) is 48.4 Å². The third kappa shape index (κ3) is 6.87. The van der Waals surface area contributed by atoms with Crippen LogP contribution in [0.25, 0.3) is 22.6 Å². The first-order valence-corrected chi connectivity index (χ1v) is 12.6. The van der Waals surface area contributed by atoms with Crippen molar-refractivity contribution in [2.24, 2.45) is 0 Å². The van der Waals surface area contributed by atoms with Crippen LogP contribution in [-0.4, -0.2) is 32.6 Å². The molecule has 1 aromatic carbocycles. The van der Waals surface area contributed by atoms with E-state index in [2.05, 4.69) is 58.9 Å². The highest BCUT2D eigenvalue weighted by Crippen LogP contribution is 2.27. The topological polar surface area (TPSA) is 70.5 Å². The summed E-state index contributed by atoms with van der Waals surface area (Å²) >= 11 is -1.74. The summed E-state index contributed by atoms with van der Waals surface area (Å²) in [5.74, 6) is 0.921. The maximum atomic E-state index is 11.0. The number of fused-ring (bicyclic) bond motifs is 1. The van der Waals surface area contributed by atoms with Crippen LogP contribution in [0.15, 0.2) is 47.1 Å². The fourth-order valence-electron chi connectivity index (χ4n) is 3.72. The van der Waals surface area contributed by atoms with Crippen LogP contribution in [0.1, 0.15) is 52.4 Å². The molecule has 1 unspecified atom stereocenters. The molecule has 31 heavy (non-hydrogen) atoms. The molecule has 0 saturated heterocycles. The molecule has 7 heteroatoms. The largest absolute Gasteiger partial charge is 0.436 e. The molecule has 1 N–H and O–H groups in total. The predicted molar refractivity (Wildman–Crippen MR) is 127 cm³/mol. The molecule has 0 saturated carbocycles. The molecule has 0 radical (unpaired) electrons. The van der Waals surface area contributed by atoms with Gasteiger partial charge in [-0.05, 0) is 31.4 Å². The van der Waals surface area contributed by atoms with E-state index in [1.807, 2.05) is 12.1 Å². The number of anilines is 1. The fourth-order valence-corrected chi connectivity index (χ4v) is 4.10. The van der Waals surface area contributed by atoms with Crippen molar-refractivity contribution >= 4 is 27.9 Å². The summed E-state index contributed by atoms with van der Waals surface area (Å²) in [4.78, 5) is 6.90. The second-order valence-electron chi connectivity index (χ2n) is 7.92. The molecule has 0 aliphatic heterocycles. The molecule has 0 fully saturated rings. The molecule has 0 aliphatic carbocycles. The highest BCUT2D eigenvalue weighted by atomic mass is 32.2. The van der Waals surface area contributed by atoms with Gasteiger partial charge in [0.25, 0.3) is 0 Å². The molecule has 0 bridgehead atoms. The normalized spacial score (nSPS) is 12.4. The molecule has 2 aromatic heterocycles. The van der Waals surface area contributed by atoms with E-state index in [1.54, 1.807) is 0 Å². The number of aryl methyl sites for hydroxylation is 1. The summed E-state index contributed by atoms with van der Waals surface area (Å²) in [6.07, 6.45) is 10.9. The summed E-state index contributed by atoms with van der Waals surface area (Å²) in [7, 11) is 0. The maximum Gasteiger partial charge on any atom is 0.227 e. The Labute approximate surface area is 187 Å². The van der Waals surface area contributed by atoms with Crippen LogP contribution in [0, 0.1) is 0 Å². The number of unbranched alkanes of at least 4 members (excludes halogenated alkanes) is 3. The number of pyridine rings is 1. The van der Waals surface area contributed by atoms with Crippen molar-refractivity contribution in [2.75, 3.05) is 23.7 Å². The van der Waals surface area contributed by atoms with Crippen molar-refractivity contribution in [3.63, 3.8) is 0 Å². The third-order valence-electron chi connectivity index (χ3n) is 5.39. The minimum atomic E-state index is -1.74. The molecule has 0 spiro atoms. The minimum absolute atomic E-state index is 0.293. The van der Waals surface area contributed by atoms with Crippen molar-refractivity contribution in [1.82, 2.24) is 4.98 Å². The van der Waals surface area contributed by atoms with Gasteiger partial charge in [-0.1, -0.05) is 26.7 Å². The number of benzene rings is 1. The number of hydrogen-bond acceptors (Lipinski definition) is 4. The molecular formula is C24H34N3O3S+. The smallest absolute Gasteiger partial charge is 0.227 e. The first kappa shape index (κ1) is 23.4. The van der Waals surface area contributed by atoms with Crippen molar-refractivity contribution in [1.29, 1.82) is 0 Å². The Kier molecular flexibility index (Phi) is 9.03. The molecule has 2 heterocycles. The highest BCUT2D eigenvalue weighted by molar-refractivity contribution is 7.79. The van der Waals surface area contributed by atoms with Gasteiger partial charge in [0.1, 0.15) is 12.1 Å². The van der Waals surface area contributed by atoms with Crippen molar-refractivity contribution < 1.29 is 17.7 Å². The van der Waals surface area contributed by atoms with E-state index in [1.165, 1.54) is 25.7 Å². The second kappa shape index (κ2) is 12.0. The molecule has 3 aromatic rings. The van der Waals surface area contributed by atoms with Crippen LogP contribution >= 0.6 is 0 Å². The number of aromatic nitrogens is 2. The molecule has 1 atom stereocenters. The van der Waals surface area contributed by atoms with Crippen molar-refractivity contribution in [2.45, 2.75) is 58.9 Å². The van der Waals surface area contributed by atoms with Crippen LogP contribution in [-0.2, 0) is 17.6 Å². The summed E-state index contributed by atoms with van der Waals surface area (Å²) in [6.45, 7) is 7.03. The zero-order chi connectivity index (χ0) is 22.1. The number of nitrogens with zero attached hydrogens (tertiary/aromatic N) is 3. The van der Waals surface area contributed by atoms with Gasteiger partial charge in [-0.15, -0.1) is 0 Å². The van der Waals surface area contributed by atoms with Crippen LogP contribution in [0.5, 0.6) is 0 Å². The van der Waals surface area contributed by atoms with Crippen LogP contribution in [0.2, 0.25) is 0 Å². The molecule has 3 rings (SSSR count). The maximum absolute atomic E-state index is 11.0. The zero-order valence-corrected chi connectivity index (χ0v) is 19.4. The SMILES string of the molecule is CCCCCC[n+]1ccc(-c2nc3ccc(N(CCC)CCCS(=O)O)cc3o2)cc1. The molecular weight excluding hydrogens is 410 g/mol. The van der Waals surface area contributed by atoms with Gasteiger partial charge in [0.2, 0.25) is 5.89 Å². The van der Waals surface area contributed by atoms with Gasteiger partial charge >= 0.3 is 0 Å². The minimum Gasteiger partial charge on any atom is -0.436 e. The van der Waals surface area contributed by atoms with Crippen LogP contribution in [0.4, 0.5) is 5.69 Å². The predicted octanol–water partition coefficient (Wildman–Crippen LogP) is 5.19. The second-order valence-corrected chi connectivity index (χ2v) is 8.97. The highest BCUT2D eigenvalue weighted by Gasteiger charge is 2.13. The van der Waals surface area contributed by atoms with E-state index in [4.69, 9.17) is 8.97 Å². The van der Waals surface area contributed by atoms with Crippen molar-refractivity contribution in [3.8, 4) is 11.5 Å². The van der Waals surface area contributed by atoms with Gasteiger partial charge in [0.05, 0.1) is 5.75 Å². The van der Waals surface area contributed by atoms with Crippen molar-refractivity contribution in [3.05, 3.63) is 42.7 Å². The molecule has 0 aliphatic rings. The molecule has 0 amide bonds. The lowest BCUT2D eigenvalue weighted by molar-refractivity contribution is -0.697. The van der Waals surface area contributed by atoms with Gasteiger partial charge in [-0.3, -0.25) is 0 Å². The lowest BCUT2D eigenvalue weighted by Crippen LogP contribution is -2.32. The lowest BCUT2D eigenvalue weighted by Gasteiger charge is -2.24. The zero-order valence-electron chi connectivity index (χ0n) is 18.6. The number of oxazole rings is 1. The summed E-state index contributed by atoms with van der Waals surface area (Å²) < 4.78 is 28.3. The first-order chi connectivity index (χ1) is 15.1. The summed E-state index contributed by atoms with van der Waals surface area (Å²) in [6, 6.07) is 10.2. The van der Waals surface area contributed by atoms with Gasteiger partial charge in [-0.25, -0.2) is 13.8 Å². The van der Waals surface area contributed by atoms with Gasteiger partial charge in [0, 0.05) is 49.0 Å². The third-order valence-corrected chi connectivity index (χ3v) is 6.02. The Bertz CT molecular complexity index is 972. The van der Waals surface area contributed by atoms with Crippen LogP contribution in [0.3, 0.4) is 0 Å². The quantitative estimate of drug-likeness (QED) is 0.223. The summed E-state index contributed by atoms with van der Waals surface area (Å²) in [5, 5.41) is 0. The van der Waals surface area contributed by atoms with Gasteiger partial charge in [-0.2, -0.15) is 0 Å². The average Bonchev–Trinajstić information content (AvgIpc) is 3.20. The van der Waals surface area contributed by atoms with E-state index in [0.29, 0.717) is 18.1 Å². The van der Waals surface area contributed by atoms with E-state index < -0.39 is 11.1 Å². The monoisotopic (exact) mass is 444 g/mol. The van der Waals surface area contributed by atoms with Gasteiger partial charge in [0.15, 0.2) is 29.1 Å². The van der Waals surface area contributed by atoms with E-state index in [9.17, 15) is 4.21 Å². The number of hydrogen-bond donors (Lipinski definition) is 1. The molecule has 6 nitrogen and oxygen atoms in total. The standard InChI is InChI=1S/C24H33N3O3S/c1-3-5-6-7-14-26-16-11-20(12-17-26)24-25-22-10-9-21(19-23(22)30-24)27(13-4-2)15-8-18-31(28)29/h9-12,16-17,19H,3-8,13-15,18H2,1-2H3/p+1. The van der Waals surface area contributed by atoms with Gasteiger partial charge < -0.3 is 13.9 Å². The lowest BCUT2D eigenvalue weighted by atomic mass is 10.2. The Morgan fingerprint density at radius 1 is 1.03 bits per heavy atom. The average molecular weight is 445 g/mol. The first-order valence-electron chi connectivity index (χ1n) is 11.3.